The van der Waals surface area contributed by atoms with E-state index < -0.39 is 23.7 Å². The molecule has 210 valence electrons. The summed E-state index contributed by atoms with van der Waals surface area (Å²) in [5, 5.41) is 3.24. The number of methoxy groups -OCH3 is 2. The molecule has 0 aliphatic carbocycles. The number of alkyl halides is 1. The van der Waals surface area contributed by atoms with Crippen molar-refractivity contribution in [3.63, 3.8) is 0 Å². The van der Waals surface area contributed by atoms with Crippen LogP contribution in [0.4, 0.5) is 4.79 Å². The molecule has 0 bridgehead atoms. The Labute approximate surface area is 234 Å². The molecule has 0 spiro atoms. The summed E-state index contributed by atoms with van der Waals surface area (Å²) in [5.74, 6) is 1.28. The summed E-state index contributed by atoms with van der Waals surface area (Å²) >= 11 is 3.56. The van der Waals surface area contributed by atoms with Crippen LogP contribution in [-0.2, 0) is 26.0 Å². The Kier molecular flexibility index (Phi) is 11.3. The topological polar surface area (TPSA) is 92.3 Å². The molecule has 0 fully saturated rings. The highest BCUT2D eigenvalue weighted by atomic mass is 79.9. The van der Waals surface area contributed by atoms with Crippen LogP contribution in [0, 0.1) is 0 Å². The van der Waals surface area contributed by atoms with Gasteiger partial charge in [0.15, 0.2) is 11.5 Å². The van der Waals surface area contributed by atoms with Gasteiger partial charge in [0, 0.05) is 22.9 Å². The summed E-state index contributed by atoms with van der Waals surface area (Å²) in [7, 11) is 2.88. The van der Waals surface area contributed by atoms with E-state index in [9.17, 15) is 9.59 Å². The van der Waals surface area contributed by atoms with Crippen LogP contribution in [0.3, 0.4) is 0 Å². The maximum absolute atomic E-state index is 12.5. The molecule has 0 heterocycles. The Morgan fingerprint density at radius 1 is 0.895 bits per heavy atom. The molecular weight excluding hydrogens is 554 g/mol. The second kappa shape index (κ2) is 13.7. The summed E-state index contributed by atoms with van der Waals surface area (Å²) in [6.45, 7) is 13.1. The molecule has 2 rings (SSSR count). The molecule has 0 radical (unpaired) electrons. The van der Waals surface area contributed by atoms with Gasteiger partial charge in [0.25, 0.3) is 0 Å². The monoisotopic (exact) mass is 593 g/mol. The maximum atomic E-state index is 12.5. The first kappa shape index (κ1) is 31.3. The third-order valence-corrected chi connectivity index (χ3v) is 5.80. The average Bonchev–Trinajstić information content (AvgIpc) is 2.82. The van der Waals surface area contributed by atoms with E-state index in [-0.39, 0.29) is 18.6 Å². The second-order valence-electron chi connectivity index (χ2n) is 10.4. The van der Waals surface area contributed by atoms with Gasteiger partial charge in [-0.15, -0.1) is 0 Å². The summed E-state index contributed by atoms with van der Waals surface area (Å²) < 4.78 is 28.4. The predicted molar refractivity (Wildman–Crippen MR) is 151 cm³/mol. The molecule has 0 saturated heterocycles. The van der Waals surface area contributed by atoms with Crippen molar-refractivity contribution in [2.75, 3.05) is 14.2 Å². The number of carbonyl (C=O) groups excluding carboxylic acids is 2. The van der Waals surface area contributed by atoms with Crippen LogP contribution in [0.1, 0.15) is 59.6 Å². The van der Waals surface area contributed by atoms with Crippen LogP contribution in [0.15, 0.2) is 30.3 Å². The number of nitrogens with one attached hydrogen (secondary N) is 1. The minimum Gasteiger partial charge on any atom is -0.496 e. The van der Waals surface area contributed by atoms with Gasteiger partial charge < -0.3 is 29.0 Å². The molecule has 0 aromatic heterocycles. The second-order valence-corrected chi connectivity index (χ2v) is 11.0. The molecule has 1 atom stereocenters. The molecule has 8 nitrogen and oxygen atoms in total. The number of hydrogen-bond acceptors (Lipinski definition) is 7. The fourth-order valence-electron chi connectivity index (χ4n) is 3.75. The number of benzene rings is 2. The van der Waals surface area contributed by atoms with E-state index >= 15 is 0 Å². The van der Waals surface area contributed by atoms with Gasteiger partial charge in [0.2, 0.25) is 0 Å². The lowest BCUT2D eigenvalue weighted by atomic mass is 9.96. The number of hydrogen-bond donors (Lipinski definition) is 1. The zero-order valence-electron chi connectivity index (χ0n) is 23.8. The number of rotatable bonds is 11. The van der Waals surface area contributed by atoms with Crippen molar-refractivity contribution in [2.24, 2.45) is 0 Å². The van der Waals surface area contributed by atoms with Gasteiger partial charge in [0.05, 0.1) is 26.4 Å². The molecule has 0 aliphatic heterocycles. The number of amides is 1. The molecule has 0 unspecified atom stereocenters. The first-order valence-corrected chi connectivity index (χ1v) is 13.7. The normalized spacial score (nSPS) is 12.2. The first-order valence-electron chi connectivity index (χ1n) is 12.6. The van der Waals surface area contributed by atoms with Crippen LogP contribution in [0.2, 0.25) is 0 Å². The SMILES string of the molecule is COC(=O)[C@H](Cc1ccc(OC)c(-c2cc(CBr)cc(OC(C)C)c2OC(C)C)c1)NC(=O)OC(C)(C)C. The van der Waals surface area contributed by atoms with Crippen molar-refractivity contribution in [2.45, 2.75) is 84.1 Å². The average molecular weight is 595 g/mol. The maximum Gasteiger partial charge on any atom is 0.408 e. The molecule has 2 aromatic rings. The largest absolute Gasteiger partial charge is 0.496 e. The Hall–Kier alpha value is -2.94. The predicted octanol–water partition coefficient (Wildman–Crippen LogP) is 6.44. The van der Waals surface area contributed by atoms with Crippen molar-refractivity contribution in [3.05, 3.63) is 41.5 Å². The zero-order valence-corrected chi connectivity index (χ0v) is 25.4. The third kappa shape index (κ3) is 9.11. The molecule has 1 amide bonds. The fraction of sp³-hybridized carbons (Fsp3) is 0.517. The minimum atomic E-state index is -0.948. The summed E-state index contributed by atoms with van der Waals surface area (Å²) in [6, 6.07) is 8.64. The molecule has 1 N–H and O–H groups in total. The molecule has 2 aromatic carbocycles. The van der Waals surface area contributed by atoms with Crippen LogP contribution in [0.5, 0.6) is 17.2 Å². The highest BCUT2D eigenvalue weighted by Gasteiger charge is 2.26. The Morgan fingerprint density at radius 2 is 1.53 bits per heavy atom. The lowest BCUT2D eigenvalue weighted by Gasteiger charge is -2.24. The van der Waals surface area contributed by atoms with Gasteiger partial charge in [-0.2, -0.15) is 0 Å². The Balaban J connectivity index is 2.61. The van der Waals surface area contributed by atoms with Gasteiger partial charge in [-0.3, -0.25) is 0 Å². The fourth-order valence-corrected chi connectivity index (χ4v) is 4.07. The van der Waals surface area contributed by atoms with Crippen molar-refractivity contribution in [1.82, 2.24) is 5.32 Å². The third-order valence-electron chi connectivity index (χ3n) is 5.16. The van der Waals surface area contributed by atoms with Gasteiger partial charge in [-0.25, -0.2) is 9.59 Å². The van der Waals surface area contributed by atoms with Crippen LogP contribution in [-0.4, -0.2) is 50.1 Å². The van der Waals surface area contributed by atoms with E-state index in [1.165, 1.54) is 7.11 Å². The van der Waals surface area contributed by atoms with Crippen molar-refractivity contribution < 1.29 is 33.3 Å². The number of halogens is 1. The molecular formula is C29H40BrNO7. The zero-order chi connectivity index (χ0) is 28.6. The molecule has 9 heteroatoms. The Morgan fingerprint density at radius 3 is 2.05 bits per heavy atom. The number of ether oxygens (including phenoxy) is 5. The van der Waals surface area contributed by atoms with Crippen LogP contribution in [0.25, 0.3) is 11.1 Å². The minimum absolute atomic E-state index is 0.0593. The lowest BCUT2D eigenvalue weighted by molar-refractivity contribution is -0.143. The Bertz CT molecular complexity index is 1110. The summed E-state index contributed by atoms with van der Waals surface area (Å²) in [4.78, 5) is 25.0. The van der Waals surface area contributed by atoms with E-state index in [4.69, 9.17) is 23.7 Å². The van der Waals surface area contributed by atoms with Gasteiger partial charge in [-0.05, 0) is 83.9 Å². The van der Waals surface area contributed by atoms with Crippen molar-refractivity contribution in [1.29, 1.82) is 0 Å². The van der Waals surface area contributed by atoms with E-state index in [0.717, 1.165) is 22.3 Å². The summed E-state index contributed by atoms with van der Waals surface area (Å²) in [5.41, 5.74) is 2.62. The molecule has 38 heavy (non-hydrogen) atoms. The summed E-state index contributed by atoms with van der Waals surface area (Å²) in [6.07, 6.45) is -0.684. The quantitative estimate of drug-likeness (QED) is 0.237. The van der Waals surface area contributed by atoms with E-state index in [1.54, 1.807) is 27.9 Å². The first-order chi connectivity index (χ1) is 17.8. The van der Waals surface area contributed by atoms with Gasteiger partial charge >= 0.3 is 12.1 Å². The highest BCUT2D eigenvalue weighted by Crippen LogP contribution is 2.44. The van der Waals surface area contributed by atoms with E-state index in [1.807, 2.05) is 58.0 Å². The number of carbonyl (C=O) groups is 2. The molecule has 0 saturated carbocycles. The van der Waals surface area contributed by atoms with E-state index in [0.29, 0.717) is 22.6 Å². The highest BCUT2D eigenvalue weighted by molar-refractivity contribution is 9.08. The van der Waals surface area contributed by atoms with Crippen LogP contribution >= 0.6 is 15.9 Å². The van der Waals surface area contributed by atoms with Crippen molar-refractivity contribution in [3.8, 4) is 28.4 Å². The number of esters is 1. The lowest BCUT2D eigenvalue weighted by Crippen LogP contribution is -2.45. The standard InChI is InChI=1S/C29H40BrNO7/c1-17(2)36-25-15-20(16-30)13-22(26(25)37-18(3)4)21-12-19(10-11-24(21)34-8)14-23(27(32)35-9)31-28(33)38-29(5,6)7/h10-13,15,17-18,23H,14,16H2,1-9H3,(H,31,33)/t23-/m0/s1. The number of alkyl carbamates (subject to hydrolysis) is 1. The van der Waals surface area contributed by atoms with Gasteiger partial charge in [-0.1, -0.05) is 22.0 Å². The van der Waals surface area contributed by atoms with Crippen molar-refractivity contribution >= 4 is 28.0 Å². The smallest absolute Gasteiger partial charge is 0.408 e. The van der Waals surface area contributed by atoms with E-state index in [2.05, 4.69) is 21.2 Å². The van der Waals surface area contributed by atoms with Crippen LogP contribution < -0.4 is 19.5 Å². The molecule has 0 aliphatic rings. The van der Waals surface area contributed by atoms with Gasteiger partial charge in [0.1, 0.15) is 17.4 Å².